The first kappa shape index (κ1) is 36.2. The number of rotatable bonds is 15. The van der Waals surface area contributed by atoms with Crippen LogP contribution in [0.4, 0.5) is 0 Å². The number of H-pyrrole nitrogens is 1. The number of aliphatic hydroxyl groups is 4. The molecule has 0 bridgehead atoms. The number of nitrogens with one attached hydrogen (secondary N) is 1. The number of nitrogens with zero attached hydrogens (tertiary/aromatic N) is 4. The molecule has 2 aromatic carbocycles. The largest absolute Gasteiger partial charge is 0.494 e. The van der Waals surface area contributed by atoms with Crippen molar-refractivity contribution in [2.45, 2.75) is 81.1 Å². The average Bonchev–Trinajstić information content (AvgIpc) is 3.81. The Kier molecular flexibility index (Phi) is 11.5. The normalized spacial score (nSPS) is 26.7. The maximum Gasteiger partial charge on any atom is 0.330 e. The molecule has 0 radical (unpaired) electrons. The number of benzene rings is 2. The highest BCUT2D eigenvalue weighted by atomic mass is 16.7. The first-order chi connectivity index (χ1) is 24.6. The Morgan fingerprint density at radius 2 is 1.65 bits per heavy atom. The van der Waals surface area contributed by atoms with Gasteiger partial charge in [-0.05, 0) is 43.5 Å². The molecule has 0 unspecified atom stereocenters. The summed E-state index contributed by atoms with van der Waals surface area (Å²) in [7, 11) is 0. The van der Waals surface area contributed by atoms with E-state index in [1.54, 1.807) is 47.3 Å². The molecule has 2 saturated heterocycles. The van der Waals surface area contributed by atoms with E-state index in [0.29, 0.717) is 36.4 Å². The van der Waals surface area contributed by atoms with Gasteiger partial charge in [-0.1, -0.05) is 35.5 Å². The fraction of sp³-hybridized carbons (Fsp3) is 0.441. The number of ketones is 1. The second-order valence-corrected chi connectivity index (χ2v) is 12.3. The molecule has 2 fully saturated rings. The second kappa shape index (κ2) is 16.2. The molecule has 17 heteroatoms. The first-order valence-electron chi connectivity index (χ1n) is 16.6. The monoisotopic (exact) mass is 708 g/mol. The van der Waals surface area contributed by atoms with Gasteiger partial charge in [0.1, 0.15) is 54.2 Å². The lowest BCUT2D eigenvalue weighted by molar-refractivity contribution is -0.224. The van der Waals surface area contributed by atoms with Crippen molar-refractivity contribution in [2.75, 3.05) is 13.2 Å². The molecule has 0 aliphatic carbocycles. The number of aromatic amines is 1. The lowest BCUT2D eigenvalue weighted by Crippen LogP contribution is -2.40. The Bertz CT molecular complexity index is 1870. The van der Waals surface area contributed by atoms with Crippen LogP contribution in [-0.2, 0) is 20.8 Å². The van der Waals surface area contributed by atoms with E-state index in [1.165, 1.54) is 0 Å². The third kappa shape index (κ3) is 8.16. The summed E-state index contributed by atoms with van der Waals surface area (Å²) in [4.78, 5) is 38.7. The molecule has 51 heavy (non-hydrogen) atoms. The van der Waals surface area contributed by atoms with Gasteiger partial charge in [0.15, 0.2) is 18.3 Å². The van der Waals surface area contributed by atoms with Gasteiger partial charge in [0, 0.05) is 36.5 Å². The third-order valence-electron chi connectivity index (χ3n) is 8.83. The molecule has 7 N–H and O–H groups in total. The van der Waals surface area contributed by atoms with Crippen molar-refractivity contribution < 1.29 is 44.2 Å². The minimum absolute atomic E-state index is 0.0591. The predicted molar refractivity (Wildman–Crippen MR) is 176 cm³/mol. The minimum Gasteiger partial charge on any atom is -0.494 e. The summed E-state index contributed by atoms with van der Waals surface area (Å²) in [6, 6.07) is 17.1. The number of hydrogen-bond acceptors (Lipinski definition) is 14. The van der Waals surface area contributed by atoms with Crippen molar-refractivity contribution in [3.8, 4) is 5.75 Å². The van der Waals surface area contributed by atoms with Gasteiger partial charge >= 0.3 is 5.69 Å². The van der Waals surface area contributed by atoms with Crippen molar-refractivity contribution in [3.05, 3.63) is 111 Å². The van der Waals surface area contributed by atoms with E-state index in [0.717, 1.165) is 29.7 Å². The van der Waals surface area contributed by atoms with Crippen LogP contribution in [0.2, 0.25) is 0 Å². The average molecular weight is 709 g/mol. The van der Waals surface area contributed by atoms with Gasteiger partial charge in [-0.25, -0.2) is 4.79 Å². The third-order valence-corrected chi connectivity index (χ3v) is 8.83. The van der Waals surface area contributed by atoms with Gasteiger partial charge in [-0.2, -0.15) is 0 Å². The van der Waals surface area contributed by atoms with Gasteiger partial charge in [-0.15, -0.1) is 5.10 Å². The van der Waals surface area contributed by atoms with Crippen LogP contribution in [-0.4, -0.2) is 107 Å². The second-order valence-electron chi connectivity index (χ2n) is 12.3. The maximum absolute atomic E-state index is 12.6. The van der Waals surface area contributed by atoms with Crippen LogP contribution >= 0.6 is 0 Å². The van der Waals surface area contributed by atoms with Crippen LogP contribution in [0, 0.1) is 0 Å². The quantitative estimate of drug-likeness (QED) is 0.0667. The summed E-state index contributed by atoms with van der Waals surface area (Å²) in [5.74, 6) is 0.596. The molecule has 0 spiro atoms. The number of aliphatic hydroxyl groups excluding tert-OH is 4. The number of aromatic nitrogens is 5. The first-order valence-corrected chi connectivity index (χ1v) is 16.6. The highest BCUT2D eigenvalue weighted by Crippen LogP contribution is 2.39. The number of nitrogens with two attached hydrogens (primary N) is 1. The lowest BCUT2D eigenvalue weighted by Gasteiger charge is -2.28. The standard InChI is InChI=1S/C34H40N6O11/c35-17-23-26(43)29(46)33(49-23)51-30(31-27(44)28(45)32(50-31)40-15-13-24(41)36-34(40)47)22-18-39(38-37-22)14-5-2-6-16-48-21-11-9-20(10-12-21)25(42)19-7-3-1-4-8-19/h1,3-4,7-13,15,18,23,26-33,43-46H,2,5-6,14,16-17,35H2,(H,36,41,47)/t23-,26-,27+,28-,29-,30-,31+,32-,33+/m1/s1. The number of unbranched alkanes of at least 4 members (excludes halogenated alkanes) is 2. The summed E-state index contributed by atoms with van der Waals surface area (Å²) >= 11 is 0. The van der Waals surface area contributed by atoms with Crippen molar-refractivity contribution in [2.24, 2.45) is 5.73 Å². The van der Waals surface area contributed by atoms with E-state index in [9.17, 15) is 34.8 Å². The summed E-state index contributed by atoms with van der Waals surface area (Å²) in [5.41, 5.74) is 5.47. The smallest absolute Gasteiger partial charge is 0.330 e. The Labute approximate surface area is 290 Å². The molecule has 17 nitrogen and oxygen atoms in total. The molecule has 272 valence electrons. The van der Waals surface area contributed by atoms with Crippen molar-refractivity contribution >= 4 is 5.78 Å². The fourth-order valence-corrected chi connectivity index (χ4v) is 6.03. The zero-order valence-corrected chi connectivity index (χ0v) is 27.4. The molecule has 2 aromatic heterocycles. The van der Waals surface area contributed by atoms with Gasteiger partial charge in [0.25, 0.3) is 5.56 Å². The molecule has 9 atom stereocenters. The number of carbonyl (C=O) groups is 1. The van der Waals surface area contributed by atoms with Gasteiger partial charge in [0.05, 0.1) is 12.8 Å². The van der Waals surface area contributed by atoms with Gasteiger partial charge in [-0.3, -0.25) is 23.8 Å². The number of hydrogen-bond donors (Lipinski definition) is 6. The summed E-state index contributed by atoms with van der Waals surface area (Å²) < 4.78 is 25.9. The Balaban J connectivity index is 1.06. The summed E-state index contributed by atoms with van der Waals surface area (Å²) in [5, 5.41) is 51.2. The molecule has 6 rings (SSSR count). The Hall–Kier alpha value is -4.59. The summed E-state index contributed by atoms with van der Waals surface area (Å²) in [6.07, 6.45) is -7.63. The lowest BCUT2D eigenvalue weighted by atomic mass is 10.0. The van der Waals surface area contributed by atoms with E-state index in [-0.39, 0.29) is 18.0 Å². The highest BCUT2D eigenvalue weighted by molar-refractivity contribution is 6.08. The number of carbonyl (C=O) groups excluding carboxylic acids is 1. The molecular formula is C34H40N6O11. The van der Waals surface area contributed by atoms with Crippen LogP contribution in [0.5, 0.6) is 5.75 Å². The van der Waals surface area contributed by atoms with E-state index in [1.807, 2.05) is 18.2 Å². The molecule has 2 aliphatic rings. The Morgan fingerprint density at radius 3 is 2.35 bits per heavy atom. The molecule has 4 aromatic rings. The SMILES string of the molecule is NC[C@H]1O[C@@H](O[C@H](c2cn(CCCCCOc3ccc(C(=O)c4ccccc4)cc3)nn2)[C@H]2O[C@@H](n3ccc(=O)[nH]c3=O)[C@H](O)[C@@H]2O)[C@H](O)[C@@H]1O. The molecule has 4 heterocycles. The molecular weight excluding hydrogens is 668 g/mol. The fourth-order valence-electron chi connectivity index (χ4n) is 6.03. The Morgan fingerprint density at radius 1 is 0.902 bits per heavy atom. The number of aryl methyl sites for hydroxylation is 1. The molecule has 2 aliphatic heterocycles. The maximum atomic E-state index is 12.6. The molecule has 0 amide bonds. The van der Waals surface area contributed by atoms with Crippen LogP contribution < -0.4 is 21.7 Å². The zero-order valence-electron chi connectivity index (χ0n) is 27.4. The van der Waals surface area contributed by atoms with Crippen LogP contribution in [0.3, 0.4) is 0 Å². The van der Waals surface area contributed by atoms with E-state index in [4.69, 9.17) is 24.7 Å². The van der Waals surface area contributed by atoms with Crippen LogP contribution in [0.15, 0.2) is 82.6 Å². The van der Waals surface area contributed by atoms with Crippen LogP contribution in [0.1, 0.15) is 53.2 Å². The molecule has 0 saturated carbocycles. The van der Waals surface area contributed by atoms with E-state index in [2.05, 4.69) is 15.3 Å². The topological polar surface area (TPSA) is 246 Å². The van der Waals surface area contributed by atoms with E-state index < -0.39 is 66.5 Å². The number of ether oxygens (including phenoxy) is 4. The van der Waals surface area contributed by atoms with Gasteiger partial charge in [0.2, 0.25) is 0 Å². The van der Waals surface area contributed by atoms with Gasteiger partial charge < -0.3 is 45.1 Å². The summed E-state index contributed by atoms with van der Waals surface area (Å²) in [6.45, 7) is 0.811. The van der Waals surface area contributed by atoms with Crippen molar-refractivity contribution in [3.63, 3.8) is 0 Å². The zero-order chi connectivity index (χ0) is 36.1. The van der Waals surface area contributed by atoms with Crippen molar-refractivity contribution in [1.29, 1.82) is 0 Å². The van der Waals surface area contributed by atoms with Crippen molar-refractivity contribution in [1.82, 2.24) is 24.5 Å². The van der Waals surface area contributed by atoms with Crippen LogP contribution in [0.25, 0.3) is 0 Å². The predicted octanol–water partition coefficient (Wildman–Crippen LogP) is -0.609. The van der Waals surface area contributed by atoms with E-state index >= 15 is 0 Å². The highest BCUT2D eigenvalue weighted by Gasteiger charge is 2.52. The minimum atomic E-state index is -1.63.